The molecule has 0 spiro atoms. The summed E-state index contributed by atoms with van der Waals surface area (Å²) >= 11 is 6.16. The Labute approximate surface area is 135 Å². The Kier molecular flexibility index (Phi) is 3.20. The molecule has 0 fully saturated rings. The molecule has 0 aliphatic heterocycles. The van der Waals surface area contributed by atoms with E-state index in [0.717, 1.165) is 16.5 Å². The van der Waals surface area contributed by atoms with Crippen molar-refractivity contribution in [3.8, 4) is 22.3 Å². The van der Waals surface area contributed by atoms with E-state index >= 15 is 0 Å². The fourth-order valence-corrected chi connectivity index (χ4v) is 2.86. The van der Waals surface area contributed by atoms with Crippen LogP contribution in [0.15, 0.2) is 64.5 Å². The summed E-state index contributed by atoms with van der Waals surface area (Å²) in [5.41, 5.74) is 3.25. The molecular weight excluding hydrogens is 314 g/mol. The fraction of sp³-hybridized carbons (Fsp3) is 0. The summed E-state index contributed by atoms with van der Waals surface area (Å²) < 4.78 is 4.91. The first kappa shape index (κ1) is 13.7. The van der Waals surface area contributed by atoms with Crippen LogP contribution >= 0.6 is 11.6 Å². The highest BCUT2D eigenvalue weighted by Gasteiger charge is 2.17. The van der Waals surface area contributed by atoms with Crippen LogP contribution in [0.2, 0.25) is 5.02 Å². The molecule has 0 unspecified atom stereocenters. The predicted molar refractivity (Wildman–Crippen MR) is 88.3 cm³/mol. The number of halogens is 1. The first-order valence-corrected chi connectivity index (χ1v) is 7.27. The van der Waals surface area contributed by atoms with Crippen molar-refractivity contribution in [2.24, 2.45) is 0 Å². The minimum Gasteiger partial charge on any atom is -0.364 e. The molecule has 0 atom stereocenters. The van der Waals surface area contributed by atoms with Crippen molar-refractivity contribution in [1.82, 2.24) is 15.1 Å². The second-order valence-electron chi connectivity index (χ2n) is 5.04. The van der Waals surface area contributed by atoms with Crippen LogP contribution in [0.1, 0.15) is 0 Å². The van der Waals surface area contributed by atoms with Gasteiger partial charge in [0.1, 0.15) is 6.26 Å². The fourth-order valence-electron chi connectivity index (χ4n) is 2.69. The van der Waals surface area contributed by atoms with Crippen molar-refractivity contribution in [2.45, 2.75) is 0 Å². The van der Waals surface area contributed by atoms with Crippen molar-refractivity contribution in [2.75, 3.05) is 0 Å². The minimum absolute atomic E-state index is 0.213. The Hall–Kier alpha value is -2.92. The number of hydrogen-bond donors (Lipinski definition) is 1. The Morgan fingerprint density at radius 3 is 2.61 bits per heavy atom. The first-order chi connectivity index (χ1) is 11.2. The Morgan fingerprint density at radius 1 is 1.04 bits per heavy atom. The van der Waals surface area contributed by atoms with Crippen molar-refractivity contribution in [1.29, 1.82) is 0 Å². The van der Waals surface area contributed by atoms with Crippen LogP contribution in [-0.4, -0.2) is 15.1 Å². The Morgan fingerprint density at radius 2 is 1.87 bits per heavy atom. The summed E-state index contributed by atoms with van der Waals surface area (Å²) in [7, 11) is 0. The molecule has 5 nitrogen and oxygen atoms in total. The number of fused-ring (bicyclic) bond motifs is 1. The predicted octanol–water partition coefficient (Wildman–Crippen LogP) is 3.90. The van der Waals surface area contributed by atoms with Gasteiger partial charge in [-0.2, -0.15) is 0 Å². The van der Waals surface area contributed by atoms with Crippen LogP contribution in [0.5, 0.6) is 0 Å². The molecule has 4 rings (SSSR count). The van der Waals surface area contributed by atoms with E-state index in [2.05, 4.69) is 15.1 Å². The molecule has 0 saturated carbocycles. The number of rotatable bonds is 2. The topological polar surface area (TPSA) is 71.8 Å². The number of hydrogen-bond acceptors (Lipinski definition) is 4. The summed E-state index contributed by atoms with van der Waals surface area (Å²) in [6.45, 7) is 0. The average Bonchev–Trinajstić information content (AvgIpc) is 3.09. The highest BCUT2D eigenvalue weighted by molar-refractivity contribution is 6.31. The van der Waals surface area contributed by atoms with Gasteiger partial charge in [-0.25, -0.2) is 0 Å². The summed E-state index contributed by atoms with van der Waals surface area (Å²) in [5, 5.41) is 5.15. The molecule has 0 radical (unpaired) electrons. The number of nitrogens with one attached hydrogen (secondary N) is 1. The van der Waals surface area contributed by atoms with E-state index < -0.39 is 0 Å². The van der Waals surface area contributed by atoms with Crippen LogP contribution < -0.4 is 5.56 Å². The monoisotopic (exact) mass is 323 g/mol. The van der Waals surface area contributed by atoms with Gasteiger partial charge < -0.3 is 9.51 Å². The normalized spacial score (nSPS) is 11.0. The highest BCUT2D eigenvalue weighted by Crippen LogP contribution is 2.35. The molecule has 1 N–H and O–H groups in total. The van der Waals surface area contributed by atoms with Crippen LogP contribution in [0.25, 0.3) is 33.2 Å². The van der Waals surface area contributed by atoms with Crippen molar-refractivity contribution < 1.29 is 4.52 Å². The second kappa shape index (κ2) is 5.37. The lowest BCUT2D eigenvalue weighted by Crippen LogP contribution is -2.11. The van der Waals surface area contributed by atoms with E-state index in [1.165, 1.54) is 12.5 Å². The van der Waals surface area contributed by atoms with Gasteiger partial charge in [0.15, 0.2) is 0 Å². The van der Waals surface area contributed by atoms with Gasteiger partial charge in [-0.05, 0) is 35.9 Å². The van der Waals surface area contributed by atoms with Crippen LogP contribution in [0.4, 0.5) is 0 Å². The number of nitrogens with zero attached hydrogens (tertiary/aromatic N) is 2. The first-order valence-electron chi connectivity index (χ1n) is 6.90. The third-order valence-corrected chi connectivity index (χ3v) is 3.90. The quantitative estimate of drug-likeness (QED) is 0.607. The van der Waals surface area contributed by atoms with Gasteiger partial charge in [0, 0.05) is 39.4 Å². The van der Waals surface area contributed by atoms with E-state index in [-0.39, 0.29) is 5.56 Å². The lowest BCUT2D eigenvalue weighted by molar-refractivity contribution is 0.420. The third-order valence-electron chi connectivity index (χ3n) is 3.67. The highest BCUT2D eigenvalue weighted by atomic mass is 35.5. The zero-order valence-corrected chi connectivity index (χ0v) is 12.5. The number of pyridine rings is 2. The van der Waals surface area contributed by atoms with E-state index in [1.54, 1.807) is 24.5 Å². The molecule has 23 heavy (non-hydrogen) atoms. The van der Waals surface area contributed by atoms with Gasteiger partial charge in [-0.1, -0.05) is 16.8 Å². The van der Waals surface area contributed by atoms with Gasteiger partial charge in [0.2, 0.25) is 0 Å². The number of benzene rings is 1. The SMILES string of the molecule is O=c1[nH]c2ccc(Cl)cc2c(-c2ccncc2)c1-c1cnoc1. The minimum atomic E-state index is -0.213. The van der Waals surface area contributed by atoms with Gasteiger partial charge in [-0.15, -0.1) is 0 Å². The van der Waals surface area contributed by atoms with Gasteiger partial charge in [0.25, 0.3) is 5.56 Å². The van der Waals surface area contributed by atoms with E-state index in [9.17, 15) is 4.79 Å². The second-order valence-corrected chi connectivity index (χ2v) is 5.48. The summed E-state index contributed by atoms with van der Waals surface area (Å²) in [6, 6.07) is 9.08. The zero-order valence-electron chi connectivity index (χ0n) is 11.8. The summed E-state index contributed by atoms with van der Waals surface area (Å²) in [5.74, 6) is 0. The van der Waals surface area contributed by atoms with Crippen molar-refractivity contribution in [3.05, 3.63) is 70.6 Å². The van der Waals surface area contributed by atoms with Crippen LogP contribution in [0.3, 0.4) is 0 Å². The molecule has 1 aromatic carbocycles. The smallest absolute Gasteiger partial charge is 0.257 e. The van der Waals surface area contributed by atoms with Crippen molar-refractivity contribution in [3.63, 3.8) is 0 Å². The number of aromatic nitrogens is 3. The van der Waals surface area contributed by atoms with E-state index in [4.69, 9.17) is 16.1 Å². The maximum Gasteiger partial charge on any atom is 0.257 e. The molecule has 0 aliphatic rings. The molecule has 0 amide bonds. The molecule has 0 saturated heterocycles. The molecule has 4 aromatic rings. The lowest BCUT2D eigenvalue weighted by atomic mass is 9.94. The Balaban J connectivity index is 2.20. The number of aromatic amines is 1. The molecule has 0 bridgehead atoms. The largest absolute Gasteiger partial charge is 0.364 e. The van der Waals surface area contributed by atoms with Crippen molar-refractivity contribution >= 4 is 22.5 Å². The summed E-state index contributed by atoms with van der Waals surface area (Å²) in [4.78, 5) is 19.6. The molecule has 6 heteroatoms. The molecule has 3 aromatic heterocycles. The van der Waals surface area contributed by atoms with Gasteiger partial charge >= 0.3 is 0 Å². The standard InChI is InChI=1S/C17H10ClN3O2/c18-12-1-2-14-13(7-12)15(10-3-5-19-6-4-10)16(17(22)21-14)11-8-20-23-9-11/h1-9H,(H,21,22). The summed E-state index contributed by atoms with van der Waals surface area (Å²) in [6.07, 6.45) is 6.34. The lowest BCUT2D eigenvalue weighted by Gasteiger charge is -2.12. The van der Waals surface area contributed by atoms with E-state index in [0.29, 0.717) is 21.7 Å². The van der Waals surface area contributed by atoms with Gasteiger partial charge in [0.05, 0.1) is 11.8 Å². The van der Waals surface area contributed by atoms with Crippen LogP contribution in [0, 0.1) is 0 Å². The van der Waals surface area contributed by atoms with Gasteiger partial charge in [-0.3, -0.25) is 9.78 Å². The Bertz CT molecular complexity index is 1040. The third kappa shape index (κ3) is 2.31. The number of H-pyrrole nitrogens is 1. The maximum atomic E-state index is 12.6. The zero-order chi connectivity index (χ0) is 15.8. The van der Waals surface area contributed by atoms with E-state index in [1.807, 2.05) is 18.2 Å². The molecule has 0 aliphatic carbocycles. The average molecular weight is 324 g/mol. The van der Waals surface area contributed by atoms with Crippen LogP contribution in [-0.2, 0) is 0 Å². The molecular formula is C17H10ClN3O2. The molecule has 112 valence electrons. The molecule has 3 heterocycles. The maximum absolute atomic E-state index is 12.6.